The molecule has 25 heavy (non-hydrogen) atoms. The third kappa shape index (κ3) is 9.69. The van der Waals surface area contributed by atoms with Crippen LogP contribution in [0.1, 0.15) is 18.9 Å². The van der Waals surface area contributed by atoms with Crippen molar-refractivity contribution in [3.8, 4) is 0 Å². The van der Waals surface area contributed by atoms with Crippen molar-refractivity contribution in [3.63, 3.8) is 0 Å². The lowest BCUT2D eigenvalue weighted by Crippen LogP contribution is -2.37. The predicted octanol–water partition coefficient (Wildman–Crippen LogP) is 1.28. The quantitative estimate of drug-likeness (QED) is 0.337. The molecule has 1 amide bonds. The van der Waals surface area contributed by atoms with Crippen molar-refractivity contribution < 1.29 is 9.53 Å². The molecule has 0 saturated carbocycles. The minimum absolute atomic E-state index is 0.0260. The van der Waals surface area contributed by atoms with Crippen LogP contribution in [0.2, 0.25) is 0 Å². The fourth-order valence-electron chi connectivity index (χ4n) is 2.18. The van der Waals surface area contributed by atoms with Gasteiger partial charge in [-0.2, -0.15) is 0 Å². The van der Waals surface area contributed by atoms with Crippen LogP contribution in [-0.2, 0) is 16.1 Å². The molecule has 0 radical (unpaired) electrons. The number of nitrogens with zero attached hydrogens (tertiary/aromatic N) is 2. The Bertz CT molecular complexity index is 546. The zero-order valence-corrected chi connectivity index (χ0v) is 15.8. The Morgan fingerprint density at radius 3 is 2.76 bits per heavy atom. The molecule has 1 aromatic rings. The second-order valence-corrected chi connectivity index (χ2v) is 5.89. The van der Waals surface area contributed by atoms with Crippen LogP contribution >= 0.6 is 0 Å². The summed E-state index contributed by atoms with van der Waals surface area (Å²) in [6.45, 7) is 5.28. The van der Waals surface area contributed by atoms with Crippen LogP contribution in [0, 0.1) is 0 Å². The van der Waals surface area contributed by atoms with Gasteiger partial charge in [-0.05, 0) is 45.1 Å². The molecular weight excluding hydrogens is 318 g/mol. The van der Waals surface area contributed by atoms with Crippen LogP contribution in [0.4, 0.5) is 5.69 Å². The van der Waals surface area contributed by atoms with Crippen LogP contribution in [-0.4, -0.2) is 64.2 Å². The summed E-state index contributed by atoms with van der Waals surface area (Å²) < 4.78 is 5.31. The topological polar surface area (TPSA) is 78.0 Å². The third-order valence-corrected chi connectivity index (χ3v) is 3.32. The number of carbonyl (C=O) groups is 1. The number of hydrogen-bond donors (Lipinski definition) is 3. The first-order chi connectivity index (χ1) is 12.0. The molecule has 1 aromatic carbocycles. The smallest absolute Gasteiger partial charge is 0.238 e. The number of amides is 1. The zero-order valence-electron chi connectivity index (χ0n) is 15.8. The van der Waals surface area contributed by atoms with Crippen LogP contribution in [0.3, 0.4) is 0 Å². The summed E-state index contributed by atoms with van der Waals surface area (Å²) in [6.07, 6.45) is 0.932. The van der Waals surface area contributed by atoms with E-state index in [9.17, 15) is 4.79 Å². The standard InChI is InChI=1S/C18H31N5O2/c1-5-25-11-7-10-20-18(19-2)21-13-15-8-6-9-16(12-15)22-17(24)14-23(3)4/h6,8-9,12H,5,7,10-11,13-14H2,1-4H3,(H,22,24)(H2,19,20,21). The summed E-state index contributed by atoms with van der Waals surface area (Å²) in [6, 6.07) is 7.79. The highest BCUT2D eigenvalue weighted by Gasteiger charge is 2.04. The Morgan fingerprint density at radius 2 is 2.08 bits per heavy atom. The first kappa shape index (κ1) is 20.9. The van der Waals surface area contributed by atoms with Gasteiger partial charge in [0.15, 0.2) is 5.96 Å². The molecular formula is C18H31N5O2. The lowest BCUT2D eigenvalue weighted by molar-refractivity contribution is -0.116. The molecule has 0 saturated heterocycles. The molecule has 0 fully saturated rings. The predicted molar refractivity (Wildman–Crippen MR) is 103 cm³/mol. The summed E-state index contributed by atoms with van der Waals surface area (Å²) in [5, 5.41) is 9.42. The number of rotatable bonds is 10. The van der Waals surface area contributed by atoms with E-state index in [1.807, 2.05) is 50.2 Å². The van der Waals surface area contributed by atoms with Crippen LogP contribution < -0.4 is 16.0 Å². The molecule has 0 aromatic heterocycles. The molecule has 140 valence electrons. The van der Waals surface area contributed by atoms with Crippen LogP contribution in [0.15, 0.2) is 29.3 Å². The van der Waals surface area contributed by atoms with Crippen molar-refractivity contribution in [2.45, 2.75) is 19.9 Å². The van der Waals surface area contributed by atoms with E-state index in [0.717, 1.165) is 43.4 Å². The number of carbonyl (C=O) groups excluding carboxylic acids is 1. The highest BCUT2D eigenvalue weighted by atomic mass is 16.5. The maximum atomic E-state index is 11.8. The molecule has 3 N–H and O–H groups in total. The van der Waals surface area contributed by atoms with Gasteiger partial charge >= 0.3 is 0 Å². The van der Waals surface area contributed by atoms with E-state index in [1.165, 1.54) is 0 Å². The summed E-state index contributed by atoms with van der Waals surface area (Å²) in [4.78, 5) is 17.9. The fourth-order valence-corrected chi connectivity index (χ4v) is 2.18. The normalized spacial score (nSPS) is 11.5. The second kappa shape index (κ2) is 12.3. The first-order valence-electron chi connectivity index (χ1n) is 8.61. The minimum Gasteiger partial charge on any atom is -0.382 e. The Hall–Kier alpha value is -2.12. The van der Waals surface area contributed by atoms with E-state index < -0.39 is 0 Å². The van der Waals surface area contributed by atoms with E-state index in [2.05, 4.69) is 20.9 Å². The van der Waals surface area contributed by atoms with Gasteiger partial charge in [0.1, 0.15) is 0 Å². The number of hydrogen-bond acceptors (Lipinski definition) is 4. The van der Waals surface area contributed by atoms with Crippen molar-refractivity contribution in [1.82, 2.24) is 15.5 Å². The van der Waals surface area contributed by atoms with Crippen molar-refractivity contribution in [2.24, 2.45) is 4.99 Å². The van der Waals surface area contributed by atoms with Crippen molar-refractivity contribution in [3.05, 3.63) is 29.8 Å². The van der Waals surface area contributed by atoms with Gasteiger partial charge in [0.25, 0.3) is 0 Å². The second-order valence-electron chi connectivity index (χ2n) is 5.89. The van der Waals surface area contributed by atoms with E-state index in [1.54, 1.807) is 7.05 Å². The van der Waals surface area contributed by atoms with Crippen molar-refractivity contribution >= 4 is 17.6 Å². The number of anilines is 1. The lowest BCUT2D eigenvalue weighted by Gasteiger charge is -2.13. The first-order valence-corrected chi connectivity index (χ1v) is 8.61. The molecule has 0 aliphatic carbocycles. The minimum atomic E-state index is -0.0260. The average Bonchev–Trinajstić information content (AvgIpc) is 2.57. The molecule has 0 heterocycles. The third-order valence-electron chi connectivity index (χ3n) is 3.32. The van der Waals surface area contributed by atoms with E-state index in [0.29, 0.717) is 13.1 Å². The summed E-state index contributed by atoms with van der Waals surface area (Å²) in [7, 11) is 5.48. The lowest BCUT2D eigenvalue weighted by atomic mass is 10.2. The largest absolute Gasteiger partial charge is 0.382 e. The van der Waals surface area contributed by atoms with E-state index in [4.69, 9.17) is 4.74 Å². The number of ether oxygens (including phenoxy) is 1. The Labute approximate surface area is 150 Å². The number of benzene rings is 1. The Balaban J connectivity index is 2.42. The summed E-state index contributed by atoms with van der Waals surface area (Å²) in [5.41, 5.74) is 1.87. The highest BCUT2D eigenvalue weighted by molar-refractivity contribution is 5.92. The molecule has 0 aliphatic rings. The average molecular weight is 349 g/mol. The maximum Gasteiger partial charge on any atom is 0.238 e. The van der Waals surface area contributed by atoms with Gasteiger partial charge in [0, 0.05) is 39.0 Å². The number of likely N-dealkylation sites (N-methyl/N-ethyl adjacent to an activating group) is 1. The van der Waals surface area contributed by atoms with E-state index in [-0.39, 0.29) is 5.91 Å². The van der Waals surface area contributed by atoms with Gasteiger partial charge in [-0.1, -0.05) is 12.1 Å². The van der Waals surface area contributed by atoms with Crippen LogP contribution in [0.5, 0.6) is 0 Å². The van der Waals surface area contributed by atoms with Gasteiger partial charge < -0.3 is 25.6 Å². The maximum absolute atomic E-state index is 11.8. The van der Waals surface area contributed by atoms with Gasteiger partial charge in [0.05, 0.1) is 6.54 Å². The Kier molecular flexibility index (Phi) is 10.3. The van der Waals surface area contributed by atoms with Gasteiger partial charge in [-0.25, -0.2) is 0 Å². The summed E-state index contributed by atoms with van der Waals surface area (Å²) in [5.74, 6) is 0.723. The number of aliphatic imine (C=N–C) groups is 1. The van der Waals surface area contributed by atoms with Gasteiger partial charge in [0.2, 0.25) is 5.91 Å². The monoisotopic (exact) mass is 349 g/mol. The highest BCUT2D eigenvalue weighted by Crippen LogP contribution is 2.10. The van der Waals surface area contributed by atoms with Crippen LogP contribution in [0.25, 0.3) is 0 Å². The molecule has 7 nitrogen and oxygen atoms in total. The molecule has 0 spiro atoms. The molecule has 7 heteroatoms. The molecule has 0 bridgehead atoms. The van der Waals surface area contributed by atoms with Crippen molar-refractivity contribution in [2.75, 3.05) is 52.8 Å². The fraction of sp³-hybridized carbons (Fsp3) is 0.556. The number of nitrogens with one attached hydrogen (secondary N) is 3. The molecule has 0 unspecified atom stereocenters. The molecule has 0 aliphatic heterocycles. The Morgan fingerprint density at radius 1 is 1.28 bits per heavy atom. The van der Waals surface area contributed by atoms with Gasteiger partial charge in [-0.3, -0.25) is 9.79 Å². The van der Waals surface area contributed by atoms with Crippen molar-refractivity contribution in [1.29, 1.82) is 0 Å². The molecule has 0 atom stereocenters. The number of guanidine groups is 1. The molecule has 1 rings (SSSR count). The van der Waals surface area contributed by atoms with E-state index >= 15 is 0 Å². The SMILES string of the molecule is CCOCCCNC(=NC)NCc1cccc(NC(=O)CN(C)C)c1. The summed E-state index contributed by atoms with van der Waals surface area (Å²) >= 11 is 0. The zero-order chi connectivity index (χ0) is 18.5. The van der Waals surface area contributed by atoms with Gasteiger partial charge in [-0.15, -0.1) is 0 Å².